The van der Waals surface area contributed by atoms with Crippen molar-refractivity contribution < 1.29 is 14.6 Å². The second-order valence-corrected chi connectivity index (χ2v) is 13.9. The van der Waals surface area contributed by atoms with E-state index in [0.717, 1.165) is 34.9 Å². The summed E-state index contributed by atoms with van der Waals surface area (Å²) in [5.41, 5.74) is 2.47. The van der Waals surface area contributed by atoms with Crippen molar-refractivity contribution >= 4 is 25.2 Å². The molecule has 148 valence electrons. The van der Waals surface area contributed by atoms with Crippen molar-refractivity contribution in [3.63, 3.8) is 0 Å². The van der Waals surface area contributed by atoms with Gasteiger partial charge in [-0.2, -0.15) is 5.10 Å². The Bertz CT molecular complexity index is 999. The molecule has 10 heteroatoms. The summed E-state index contributed by atoms with van der Waals surface area (Å²) in [6.07, 6.45) is 4.38. The van der Waals surface area contributed by atoms with E-state index in [1.807, 2.05) is 23.0 Å². The molecule has 1 aliphatic rings. The highest BCUT2D eigenvalue weighted by Crippen LogP contribution is 2.25. The first-order valence-electron chi connectivity index (χ1n) is 9.25. The van der Waals surface area contributed by atoms with E-state index in [-0.39, 0.29) is 0 Å². The van der Waals surface area contributed by atoms with Crippen molar-refractivity contribution in [3.8, 4) is 5.82 Å². The number of hydrogen-bond acceptors (Lipinski definition) is 5. The second-order valence-electron chi connectivity index (χ2n) is 8.25. The quantitative estimate of drug-likeness (QED) is 0.505. The molecule has 0 aliphatic carbocycles. The summed E-state index contributed by atoms with van der Waals surface area (Å²) in [4.78, 5) is 21.3. The molecule has 3 aromatic heterocycles. The van der Waals surface area contributed by atoms with Crippen LogP contribution in [0.2, 0.25) is 25.7 Å². The molecule has 0 saturated heterocycles. The standard InChI is InChI=1S/C18H24N6O3Si/c1-28(2,3)7-6-27-12-22-5-4-14-16(22)19-11-20-17(14)24-9-13-8-23(18(25)26)10-15(13)21-24/h4-5,9,11H,6-8,10,12H2,1-3H3,(H,25,26). The molecule has 0 aromatic carbocycles. The van der Waals surface area contributed by atoms with Crippen LogP contribution in [-0.2, 0) is 24.6 Å². The molecule has 0 saturated carbocycles. The van der Waals surface area contributed by atoms with Gasteiger partial charge >= 0.3 is 6.09 Å². The minimum Gasteiger partial charge on any atom is -0.465 e. The van der Waals surface area contributed by atoms with Crippen molar-refractivity contribution in [1.82, 2.24) is 29.2 Å². The molecule has 0 fully saturated rings. The average Bonchev–Trinajstić information content (AvgIpc) is 3.30. The van der Waals surface area contributed by atoms with E-state index < -0.39 is 14.2 Å². The van der Waals surface area contributed by atoms with Gasteiger partial charge in [-0.05, 0) is 12.1 Å². The van der Waals surface area contributed by atoms with Crippen LogP contribution in [0.3, 0.4) is 0 Å². The van der Waals surface area contributed by atoms with Gasteiger partial charge < -0.3 is 14.4 Å². The third-order valence-corrected chi connectivity index (χ3v) is 6.53. The van der Waals surface area contributed by atoms with Gasteiger partial charge in [0, 0.05) is 32.6 Å². The van der Waals surface area contributed by atoms with Crippen molar-refractivity contribution in [2.24, 2.45) is 0 Å². The van der Waals surface area contributed by atoms with E-state index in [9.17, 15) is 4.79 Å². The van der Waals surface area contributed by atoms with E-state index >= 15 is 0 Å². The van der Waals surface area contributed by atoms with Gasteiger partial charge in [0.15, 0.2) is 5.82 Å². The Morgan fingerprint density at radius 3 is 2.82 bits per heavy atom. The molecule has 0 radical (unpaired) electrons. The highest BCUT2D eigenvalue weighted by atomic mass is 28.3. The average molecular weight is 401 g/mol. The van der Waals surface area contributed by atoms with Gasteiger partial charge in [0.05, 0.1) is 24.2 Å². The third-order valence-electron chi connectivity index (χ3n) is 4.83. The summed E-state index contributed by atoms with van der Waals surface area (Å²) in [5.74, 6) is 0.683. The number of carboxylic acid groups (broad SMARTS) is 1. The summed E-state index contributed by atoms with van der Waals surface area (Å²) in [5, 5.41) is 14.5. The Hall–Kier alpha value is -2.72. The normalized spacial score (nSPS) is 14.0. The lowest BCUT2D eigenvalue weighted by Gasteiger charge is -2.15. The van der Waals surface area contributed by atoms with Gasteiger partial charge in [-0.15, -0.1) is 0 Å². The smallest absolute Gasteiger partial charge is 0.407 e. The largest absolute Gasteiger partial charge is 0.465 e. The van der Waals surface area contributed by atoms with Crippen molar-refractivity contribution in [2.75, 3.05) is 6.61 Å². The number of ether oxygens (including phenoxy) is 1. The maximum atomic E-state index is 11.1. The highest BCUT2D eigenvalue weighted by molar-refractivity contribution is 6.76. The Balaban J connectivity index is 1.53. The predicted octanol–water partition coefficient (Wildman–Crippen LogP) is 2.92. The van der Waals surface area contributed by atoms with Gasteiger partial charge in [0.25, 0.3) is 0 Å². The van der Waals surface area contributed by atoms with Crippen LogP contribution in [0, 0.1) is 0 Å². The first-order chi connectivity index (χ1) is 13.3. The molecule has 1 aliphatic heterocycles. The molecule has 1 amide bonds. The molecular formula is C18H24N6O3Si. The lowest BCUT2D eigenvalue weighted by Crippen LogP contribution is -2.23. The molecule has 9 nitrogen and oxygen atoms in total. The maximum absolute atomic E-state index is 11.1. The van der Waals surface area contributed by atoms with Crippen molar-refractivity contribution in [3.05, 3.63) is 36.0 Å². The Morgan fingerprint density at radius 1 is 1.29 bits per heavy atom. The highest BCUT2D eigenvalue weighted by Gasteiger charge is 2.26. The Morgan fingerprint density at radius 2 is 2.11 bits per heavy atom. The van der Waals surface area contributed by atoms with E-state index in [0.29, 0.717) is 25.6 Å². The van der Waals surface area contributed by atoms with Gasteiger partial charge in [-0.1, -0.05) is 19.6 Å². The zero-order valence-corrected chi connectivity index (χ0v) is 17.3. The number of fused-ring (bicyclic) bond motifs is 2. The minimum absolute atomic E-state index is 0.303. The zero-order valence-electron chi connectivity index (χ0n) is 16.3. The molecule has 3 aromatic rings. The molecule has 0 unspecified atom stereocenters. The molecule has 4 heterocycles. The summed E-state index contributed by atoms with van der Waals surface area (Å²) in [7, 11) is -1.11. The number of amides is 1. The number of nitrogens with zero attached hydrogens (tertiary/aromatic N) is 6. The molecule has 0 atom stereocenters. The molecular weight excluding hydrogens is 376 g/mol. The number of hydrogen-bond donors (Lipinski definition) is 1. The van der Waals surface area contributed by atoms with E-state index in [1.54, 1.807) is 4.68 Å². The summed E-state index contributed by atoms with van der Waals surface area (Å²) in [6, 6.07) is 3.08. The fourth-order valence-corrected chi connectivity index (χ4v) is 3.97. The molecule has 0 spiro atoms. The third kappa shape index (κ3) is 3.65. The van der Waals surface area contributed by atoms with Crippen LogP contribution in [0.1, 0.15) is 11.3 Å². The Labute approximate surface area is 163 Å². The topological polar surface area (TPSA) is 98.3 Å². The Kier molecular flexibility index (Phi) is 4.67. The first-order valence-corrected chi connectivity index (χ1v) is 13.0. The lowest BCUT2D eigenvalue weighted by molar-refractivity contribution is 0.0899. The zero-order chi connectivity index (χ0) is 19.9. The fourth-order valence-electron chi connectivity index (χ4n) is 3.21. The second kappa shape index (κ2) is 7.02. The lowest BCUT2D eigenvalue weighted by atomic mass is 10.3. The van der Waals surface area contributed by atoms with Crippen LogP contribution in [0.4, 0.5) is 4.79 Å². The van der Waals surface area contributed by atoms with Crippen LogP contribution >= 0.6 is 0 Å². The van der Waals surface area contributed by atoms with Gasteiger partial charge in [-0.25, -0.2) is 19.4 Å². The number of carbonyl (C=O) groups is 1. The van der Waals surface area contributed by atoms with Crippen LogP contribution in [0.25, 0.3) is 16.9 Å². The molecule has 1 N–H and O–H groups in total. The predicted molar refractivity (Wildman–Crippen MR) is 106 cm³/mol. The van der Waals surface area contributed by atoms with Crippen LogP contribution in [0.15, 0.2) is 24.8 Å². The summed E-state index contributed by atoms with van der Waals surface area (Å²) in [6.45, 7) is 8.85. The first kappa shape index (κ1) is 18.6. The molecule has 4 rings (SSSR count). The van der Waals surface area contributed by atoms with E-state index in [2.05, 4.69) is 34.7 Å². The monoisotopic (exact) mass is 400 g/mol. The van der Waals surface area contributed by atoms with Crippen LogP contribution in [0.5, 0.6) is 0 Å². The van der Waals surface area contributed by atoms with Gasteiger partial charge in [-0.3, -0.25) is 4.90 Å². The summed E-state index contributed by atoms with van der Waals surface area (Å²) < 4.78 is 9.52. The molecule has 0 bridgehead atoms. The van der Waals surface area contributed by atoms with Crippen LogP contribution in [-0.4, -0.2) is 55.1 Å². The fraction of sp³-hybridized carbons (Fsp3) is 0.444. The number of rotatable bonds is 6. The molecule has 28 heavy (non-hydrogen) atoms. The maximum Gasteiger partial charge on any atom is 0.407 e. The van der Waals surface area contributed by atoms with Gasteiger partial charge in [0.1, 0.15) is 18.7 Å². The van der Waals surface area contributed by atoms with Gasteiger partial charge in [0.2, 0.25) is 0 Å². The van der Waals surface area contributed by atoms with E-state index in [1.165, 1.54) is 11.2 Å². The minimum atomic E-state index is -1.11. The van der Waals surface area contributed by atoms with Crippen molar-refractivity contribution in [2.45, 2.75) is 45.5 Å². The van der Waals surface area contributed by atoms with Crippen molar-refractivity contribution in [1.29, 1.82) is 0 Å². The SMILES string of the molecule is C[Si](C)(C)CCOCn1ccc2c(-n3cc4c(n3)CN(C(=O)O)C4)ncnc21. The summed E-state index contributed by atoms with van der Waals surface area (Å²) >= 11 is 0. The van der Waals surface area contributed by atoms with E-state index in [4.69, 9.17) is 9.84 Å². The number of aromatic nitrogens is 5. The van der Waals surface area contributed by atoms with Crippen LogP contribution < -0.4 is 0 Å².